The molecule has 1 atom stereocenters. The normalized spacial score (nSPS) is 17.3. The summed E-state index contributed by atoms with van der Waals surface area (Å²) in [6.45, 7) is 2.06. The van der Waals surface area contributed by atoms with Gasteiger partial charge in [-0.25, -0.2) is 4.98 Å². The molecule has 0 unspecified atom stereocenters. The van der Waals surface area contributed by atoms with Crippen LogP contribution in [0, 0.1) is 5.92 Å². The number of rotatable bonds is 6. The Morgan fingerprint density at radius 2 is 2.08 bits per heavy atom. The summed E-state index contributed by atoms with van der Waals surface area (Å²) >= 11 is 0. The first kappa shape index (κ1) is 16.8. The molecule has 0 bridgehead atoms. The highest BCUT2D eigenvalue weighted by molar-refractivity contribution is 5.79. The maximum absolute atomic E-state index is 12.1. The van der Waals surface area contributed by atoms with Gasteiger partial charge in [0.25, 0.3) is 0 Å². The molecule has 2 heterocycles. The van der Waals surface area contributed by atoms with Crippen molar-refractivity contribution in [2.75, 3.05) is 26.8 Å². The number of carbonyl (C=O) groups is 1. The fourth-order valence-electron chi connectivity index (χ4n) is 3.55. The monoisotopic (exact) mass is 350 g/mol. The van der Waals surface area contributed by atoms with Gasteiger partial charge in [0.2, 0.25) is 11.8 Å². The average Bonchev–Trinajstić information content (AvgIpc) is 3.23. The Labute approximate surface area is 152 Å². The SMILES string of the molecule is COCCN1C[C@H](Cc2ccc3oc(-c4ccccc4)nc3c2)CC1=O. The fourth-order valence-corrected chi connectivity index (χ4v) is 3.55. The van der Waals surface area contributed by atoms with Gasteiger partial charge in [-0.15, -0.1) is 0 Å². The van der Waals surface area contributed by atoms with Gasteiger partial charge in [-0.1, -0.05) is 24.3 Å². The van der Waals surface area contributed by atoms with E-state index in [1.807, 2.05) is 41.3 Å². The largest absolute Gasteiger partial charge is 0.436 e. The number of oxazole rings is 1. The molecule has 2 aromatic carbocycles. The van der Waals surface area contributed by atoms with Gasteiger partial charge in [-0.05, 0) is 42.2 Å². The van der Waals surface area contributed by atoms with Crippen molar-refractivity contribution in [2.24, 2.45) is 5.92 Å². The Morgan fingerprint density at radius 1 is 1.23 bits per heavy atom. The minimum absolute atomic E-state index is 0.223. The second-order valence-corrected chi connectivity index (χ2v) is 6.79. The van der Waals surface area contributed by atoms with Crippen molar-refractivity contribution in [1.29, 1.82) is 0 Å². The number of methoxy groups -OCH3 is 1. The summed E-state index contributed by atoms with van der Waals surface area (Å²) in [5.74, 6) is 1.21. The fraction of sp³-hybridized carbons (Fsp3) is 0.333. The number of amides is 1. The first-order chi connectivity index (χ1) is 12.7. The van der Waals surface area contributed by atoms with Gasteiger partial charge < -0.3 is 14.1 Å². The molecule has 26 heavy (non-hydrogen) atoms. The van der Waals surface area contributed by atoms with Crippen molar-refractivity contribution in [3.8, 4) is 11.5 Å². The van der Waals surface area contributed by atoms with Gasteiger partial charge in [-0.2, -0.15) is 0 Å². The topological polar surface area (TPSA) is 55.6 Å². The van der Waals surface area contributed by atoms with Crippen molar-refractivity contribution in [1.82, 2.24) is 9.88 Å². The summed E-state index contributed by atoms with van der Waals surface area (Å²) in [6.07, 6.45) is 1.48. The molecule has 1 fully saturated rings. The Kier molecular flexibility index (Phi) is 4.71. The van der Waals surface area contributed by atoms with Crippen LogP contribution in [-0.2, 0) is 16.0 Å². The number of hydrogen-bond donors (Lipinski definition) is 0. The summed E-state index contributed by atoms with van der Waals surface area (Å²) in [4.78, 5) is 18.6. The van der Waals surface area contributed by atoms with E-state index in [1.54, 1.807) is 7.11 Å². The molecule has 0 saturated carbocycles. The molecule has 3 aromatic rings. The maximum Gasteiger partial charge on any atom is 0.227 e. The number of aromatic nitrogens is 1. The summed E-state index contributed by atoms with van der Waals surface area (Å²) < 4.78 is 11.0. The van der Waals surface area contributed by atoms with Crippen LogP contribution in [0.3, 0.4) is 0 Å². The lowest BCUT2D eigenvalue weighted by atomic mass is 9.98. The van der Waals surface area contributed by atoms with Gasteiger partial charge in [0.05, 0.1) is 6.61 Å². The summed E-state index contributed by atoms with van der Waals surface area (Å²) in [5.41, 5.74) is 3.82. The third kappa shape index (κ3) is 3.48. The van der Waals surface area contributed by atoms with E-state index < -0.39 is 0 Å². The number of benzene rings is 2. The zero-order valence-corrected chi connectivity index (χ0v) is 14.9. The van der Waals surface area contributed by atoms with Crippen LogP contribution < -0.4 is 0 Å². The Bertz CT molecular complexity index is 904. The summed E-state index contributed by atoms with van der Waals surface area (Å²) in [7, 11) is 1.66. The molecule has 4 rings (SSSR count). The van der Waals surface area contributed by atoms with Crippen LogP contribution in [0.1, 0.15) is 12.0 Å². The number of hydrogen-bond acceptors (Lipinski definition) is 4. The Morgan fingerprint density at radius 3 is 2.88 bits per heavy atom. The molecule has 0 aliphatic carbocycles. The second kappa shape index (κ2) is 7.30. The summed E-state index contributed by atoms with van der Waals surface area (Å²) in [5, 5.41) is 0. The van der Waals surface area contributed by atoms with Crippen molar-refractivity contribution in [2.45, 2.75) is 12.8 Å². The molecule has 0 spiro atoms. The first-order valence-corrected chi connectivity index (χ1v) is 8.94. The molecule has 1 aromatic heterocycles. The van der Waals surface area contributed by atoms with E-state index >= 15 is 0 Å². The molecule has 0 radical (unpaired) electrons. The van der Waals surface area contributed by atoms with Crippen LogP contribution in [-0.4, -0.2) is 42.6 Å². The smallest absolute Gasteiger partial charge is 0.227 e. The predicted molar refractivity (Wildman–Crippen MR) is 99.7 cm³/mol. The molecule has 1 aliphatic rings. The van der Waals surface area contributed by atoms with E-state index in [9.17, 15) is 4.79 Å². The highest BCUT2D eigenvalue weighted by atomic mass is 16.5. The van der Waals surface area contributed by atoms with E-state index in [4.69, 9.17) is 9.15 Å². The van der Waals surface area contributed by atoms with Crippen molar-refractivity contribution >= 4 is 17.0 Å². The number of nitrogens with zero attached hydrogens (tertiary/aromatic N) is 2. The van der Waals surface area contributed by atoms with E-state index in [2.05, 4.69) is 17.1 Å². The molecule has 1 saturated heterocycles. The molecular weight excluding hydrogens is 328 g/mol. The Balaban J connectivity index is 1.49. The Hall–Kier alpha value is -2.66. The van der Waals surface area contributed by atoms with Gasteiger partial charge in [0.1, 0.15) is 5.52 Å². The van der Waals surface area contributed by atoms with Crippen LogP contribution in [0.5, 0.6) is 0 Å². The average molecular weight is 350 g/mol. The van der Waals surface area contributed by atoms with Crippen LogP contribution in [0.15, 0.2) is 52.9 Å². The third-order valence-corrected chi connectivity index (χ3v) is 4.86. The van der Waals surface area contributed by atoms with E-state index in [-0.39, 0.29) is 5.91 Å². The quantitative estimate of drug-likeness (QED) is 0.682. The van der Waals surface area contributed by atoms with Crippen LogP contribution in [0.4, 0.5) is 0 Å². The van der Waals surface area contributed by atoms with Gasteiger partial charge in [0, 0.05) is 32.2 Å². The van der Waals surface area contributed by atoms with Crippen LogP contribution in [0.2, 0.25) is 0 Å². The first-order valence-electron chi connectivity index (χ1n) is 8.94. The molecule has 5 heteroatoms. The molecular formula is C21H22N2O3. The third-order valence-electron chi connectivity index (χ3n) is 4.86. The van der Waals surface area contributed by atoms with Gasteiger partial charge >= 0.3 is 0 Å². The van der Waals surface area contributed by atoms with Crippen molar-refractivity contribution in [3.63, 3.8) is 0 Å². The minimum atomic E-state index is 0.223. The van der Waals surface area contributed by atoms with Gasteiger partial charge in [0.15, 0.2) is 5.58 Å². The lowest BCUT2D eigenvalue weighted by molar-refractivity contribution is -0.128. The second-order valence-electron chi connectivity index (χ2n) is 6.79. The molecule has 1 aliphatic heterocycles. The van der Waals surface area contributed by atoms with Crippen LogP contribution in [0.25, 0.3) is 22.6 Å². The number of fused-ring (bicyclic) bond motifs is 1. The molecule has 1 amide bonds. The maximum atomic E-state index is 12.1. The standard InChI is InChI=1S/C21H22N2O3/c1-25-10-9-23-14-16(13-20(23)24)11-15-7-8-19-18(12-15)22-21(26-19)17-5-3-2-4-6-17/h2-8,12,16H,9-11,13-14H2,1H3/t16-/m1/s1. The van der Waals surface area contributed by atoms with Gasteiger partial charge in [-0.3, -0.25) is 4.79 Å². The lowest BCUT2D eigenvalue weighted by Gasteiger charge is -2.15. The summed E-state index contributed by atoms with van der Waals surface area (Å²) in [6, 6.07) is 16.0. The van der Waals surface area contributed by atoms with E-state index in [1.165, 1.54) is 5.56 Å². The highest BCUT2D eigenvalue weighted by Gasteiger charge is 2.29. The minimum Gasteiger partial charge on any atom is -0.436 e. The zero-order valence-electron chi connectivity index (χ0n) is 14.9. The van der Waals surface area contributed by atoms with E-state index in [0.717, 1.165) is 29.6 Å². The lowest BCUT2D eigenvalue weighted by Crippen LogP contribution is -2.28. The number of likely N-dealkylation sites (tertiary alicyclic amines) is 1. The number of ether oxygens (including phenoxy) is 1. The molecule has 5 nitrogen and oxygen atoms in total. The molecule has 0 N–H and O–H groups in total. The van der Waals surface area contributed by atoms with Crippen molar-refractivity contribution < 1.29 is 13.9 Å². The van der Waals surface area contributed by atoms with Crippen LogP contribution >= 0.6 is 0 Å². The number of carbonyl (C=O) groups excluding carboxylic acids is 1. The highest BCUT2D eigenvalue weighted by Crippen LogP contribution is 2.27. The zero-order chi connectivity index (χ0) is 17.9. The predicted octanol–water partition coefficient (Wildman–Crippen LogP) is 3.53. The van der Waals surface area contributed by atoms with E-state index in [0.29, 0.717) is 31.4 Å². The van der Waals surface area contributed by atoms with Crippen molar-refractivity contribution in [3.05, 3.63) is 54.1 Å². The molecule has 134 valence electrons.